The number of carbonyl (C=O) groups excluding carboxylic acids is 1. The van der Waals surface area contributed by atoms with Crippen LogP contribution in [0.2, 0.25) is 0 Å². The molecule has 0 saturated carbocycles. The number of carbonyl (C=O) groups is 1. The van der Waals surface area contributed by atoms with Crippen LogP contribution in [0.4, 0.5) is 11.4 Å². The maximum absolute atomic E-state index is 12.0. The zero-order valence-corrected chi connectivity index (χ0v) is 14.3. The van der Waals surface area contributed by atoms with Crippen LogP contribution in [-0.4, -0.2) is 31.0 Å². The molecule has 1 atom stereocenters. The summed E-state index contributed by atoms with van der Waals surface area (Å²) in [5, 5.41) is 14.9. The minimum Gasteiger partial charge on any atom is -0.309 e. The largest absolute Gasteiger partial charge is 0.309 e. The van der Waals surface area contributed by atoms with Gasteiger partial charge >= 0.3 is 0 Å². The van der Waals surface area contributed by atoms with Crippen LogP contribution in [0.15, 0.2) is 21.1 Å². The number of anilines is 1. The molecule has 2 rings (SSSR count). The van der Waals surface area contributed by atoms with E-state index in [0.717, 1.165) is 0 Å². The van der Waals surface area contributed by atoms with Crippen LogP contribution >= 0.6 is 31.9 Å². The Morgan fingerprint density at radius 1 is 1.33 bits per heavy atom. The third-order valence-corrected chi connectivity index (χ3v) is 5.49. The monoisotopic (exact) mass is 441 g/mol. The number of benzene rings is 1. The number of non-ortho nitro benzene ring substituents is 1. The summed E-state index contributed by atoms with van der Waals surface area (Å²) in [4.78, 5) is 23.4. The first kappa shape index (κ1) is 16.3. The van der Waals surface area contributed by atoms with Crippen LogP contribution in [0.3, 0.4) is 0 Å². The summed E-state index contributed by atoms with van der Waals surface area (Å²) >= 11 is 6.33. The highest BCUT2D eigenvalue weighted by atomic mass is 79.9. The van der Waals surface area contributed by atoms with Gasteiger partial charge in [0.1, 0.15) is 5.25 Å². The van der Waals surface area contributed by atoms with Crippen molar-refractivity contribution in [1.29, 1.82) is 0 Å². The van der Waals surface area contributed by atoms with E-state index in [1.165, 1.54) is 17.0 Å². The van der Waals surface area contributed by atoms with Gasteiger partial charge in [0.15, 0.2) is 0 Å². The molecule has 1 aliphatic rings. The van der Waals surface area contributed by atoms with Gasteiger partial charge in [0.2, 0.25) is 15.9 Å². The molecular formula is C10H9Br2N3O5S. The summed E-state index contributed by atoms with van der Waals surface area (Å²) in [6.45, 7) is -0.0906. The smallest absolute Gasteiger partial charge is 0.271 e. The van der Waals surface area contributed by atoms with E-state index >= 15 is 0 Å². The molecule has 1 aromatic rings. The molecule has 21 heavy (non-hydrogen) atoms. The SMILES string of the molecule is NS(=O)(=O)C1CC(=O)N(c2c(Br)cc([N+](=O)[O-])cc2Br)C1. The van der Waals surface area contributed by atoms with E-state index in [1.807, 2.05) is 0 Å². The van der Waals surface area contributed by atoms with E-state index in [4.69, 9.17) is 5.14 Å². The molecule has 0 radical (unpaired) electrons. The Morgan fingerprint density at radius 3 is 2.24 bits per heavy atom. The molecule has 0 aromatic heterocycles. The van der Waals surface area contributed by atoms with Crippen LogP contribution in [0, 0.1) is 10.1 Å². The van der Waals surface area contributed by atoms with Gasteiger partial charge < -0.3 is 4.90 Å². The van der Waals surface area contributed by atoms with Crippen molar-refractivity contribution >= 4 is 59.2 Å². The molecule has 1 unspecified atom stereocenters. The molecule has 1 saturated heterocycles. The van der Waals surface area contributed by atoms with Gasteiger partial charge in [0, 0.05) is 34.0 Å². The predicted octanol–water partition coefficient (Wildman–Crippen LogP) is 1.51. The summed E-state index contributed by atoms with van der Waals surface area (Å²) in [5.74, 6) is -0.413. The summed E-state index contributed by atoms with van der Waals surface area (Å²) in [6, 6.07) is 2.50. The number of rotatable bonds is 3. The molecule has 0 spiro atoms. The lowest BCUT2D eigenvalue weighted by molar-refractivity contribution is -0.385. The molecule has 11 heteroatoms. The first-order valence-electron chi connectivity index (χ1n) is 5.56. The Bertz CT molecular complexity index is 713. The molecule has 114 valence electrons. The van der Waals surface area contributed by atoms with E-state index < -0.39 is 26.1 Å². The molecule has 1 fully saturated rings. The lowest BCUT2D eigenvalue weighted by atomic mass is 10.2. The Balaban J connectivity index is 2.44. The highest BCUT2D eigenvalue weighted by Gasteiger charge is 2.38. The molecular weight excluding hydrogens is 434 g/mol. The molecule has 1 heterocycles. The second kappa shape index (κ2) is 5.63. The van der Waals surface area contributed by atoms with Gasteiger partial charge in [-0.1, -0.05) is 0 Å². The van der Waals surface area contributed by atoms with Crippen molar-refractivity contribution < 1.29 is 18.1 Å². The second-order valence-corrected chi connectivity index (χ2v) is 7.99. The average Bonchev–Trinajstić information content (AvgIpc) is 2.70. The molecule has 0 aliphatic carbocycles. The summed E-state index contributed by atoms with van der Waals surface area (Å²) < 4.78 is 23.3. The molecule has 1 amide bonds. The normalized spacial score (nSPS) is 19.1. The molecule has 0 bridgehead atoms. The maximum Gasteiger partial charge on any atom is 0.271 e. The molecule has 1 aromatic carbocycles. The fraction of sp³-hybridized carbons (Fsp3) is 0.300. The Kier molecular flexibility index (Phi) is 4.38. The lowest BCUT2D eigenvalue weighted by Crippen LogP contribution is -2.32. The quantitative estimate of drug-likeness (QED) is 0.561. The number of nitro groups is 1. The van der Waals surface area contributed by atoms with Gasteiger partial charge in [-0.25, -0.2) is 13.6 Å². The number of sulfonamides is 1. The third kappa shape index (κ3) is 3.25. The number of hydrogen-bond donors (Lipinski definition) is 1. The van der Waals surface area contributed by atoms with Crippen molar-refractivity contribution in [2.75, 3.05) is 11.4 Å². The predicted molar refractivity (Wildman–Crippen MR) is 82.4 cm³/mol. The highest BCUT2D eigenvalue weighted by Crippen LogP contribution is 2.40. The topological polar surface area (TPSA) is 124 Å². The summed E-state index contributed by atoms with van der Waals surface area (Å²) in [6.07, 6.45) is -0.214. The van der Waals surface area contributed by atoms with Crippen molar-refractivity contribution in [2.45, 2.75) is 11.7 Å². The first-order chi connectivity index (χ1) is 9.61. The van der Waals surface area contributed by atoms with Gasteiger partial charge in [0.25, 0.3) is 5.69 Å². The Hall–Kier alpha value is -1.04. The number of nitrogens with zero attached hydrogens (tertiary/aromatic N) is 2. The fourth-order valence-corrected chi connectivity index (χ4v) is 4.35. The van der Waals surface area contributed by atoms with Crippen molar-refractivity contribution in [3.63, 3.8) is 0 Å². The molecule has 1 aliphatic heterocycles. The highest BCUT2D eigenvalue weighted by molar-refractivity contribution is 9.11. The van der Waals surface area contributed by atoms with Gasteiger partial charge in [-0.2, -0.15) is 0 Å². The fourth-order valence-electron chi connectivity index (χ4n) is 2.03. The zero-order valence-electron chi connectivity index (χ0n) is 10.3. The second-order valence-electron chi connectivity index (χ2n) is 4.43. The summed E-state index contributed by atoms with van der Waals surface area (Å²) in [5.41, 5.74) is 0.184. The molecule has 2 N–H and O–H groups in total. The summed E-state index contributed by atoms with van der Waals surface area (Å²) in [7, 11) is -3.83. The Labute approximate surface area is 136 Å². The minimum atomic E-state index is -3.83. The minimum absolute atomic E-state index is 0.0906. The van der Waals surface area contributed by atoms with Crippen molar-refractivity contribution in [3.8, 4) is 0 Å². The van der Waals surface area contributed by atoms with E-state index in [1.54, 1.807) is 0 Å². The van der Waals surface area contributed by atoms with E-state index in [-0.39, 0.29) is 18.7 Å². The third-order valence-electron chi connectivity index (χ3n) is 3.04. The zero-order chi connectivity index (χ0) is 15.9. The van der Waals surface area contributed by atoms with Crippen LogP contribution in [0.25, 0.3) is 0 Å². The van der Waals surface area contributed by atoms with Crippen LogP contribution < -0.4 is 10.0 Å². The van der Waals surface area contributed by atoms with Crippen LogP contribution in [-0.2, 0) is 14.8 Å². The molecule has 8 nitrogen and oxygen atoms in total. The van der Waals surface area contributed by atoms with E-state index in [2.05, 4.69) is 31.9 Å². The van der Waals surface area contributed by atoms with Crippen LogP contribution in [0.5, 0.6) is 0 Å². The maximum atomic E-state index is 12.0. The number of hydrogen-bond acceptors (Lipinski definition) is 5. The van der Waals surface area contributed by atoms with E-state index in [9.17, 15) is 23.3 Å². The van der Waals surface area contributed by atoms with Crippen molar-refractivity contribution in [1.82, 2.24) is 0 Å². The number of nitrogens with two attached hydrogens (primary N) is 1. The standard InChI is InChI=1S/C10H9Br2N3O5S/c11-7-1-5(15(17)18)2-8(12)10(7)14-4-6(3-9(14)16)21(13,19)20/h1-2,6H,3-4H2,(H2,13,19,20). The number of primary sulfonamides is 1. The van der Waals surface area contributed by atoms with Crippen molar-refractivity contribution in [2.24, 2.45) is 5.14 Å². The number of amides is 1. The first-order valence-corrected chi connectivity index (χ1v) is 8.76. The van der Waals surface area contributed by atoms with Gasteiger partial charge in [-0.15, -0.1) is 0 Å². The van der Waals surface area contributed by atoms with Gasteiger partial charge in [-0.3, -0.25) is 14.9 Å². The van der Waals surface area contributed by atoms with Crippen molar-refractivity contribution in [3.05, 3.63) is 31.2 Å². The van der Waals surface area contributed by atoms with Crippen LogP contribution in [0.1, 0.15) is 6.42 Å². The number of halogens is 2. The lowest BCUT2D eigenvalue weighted by Gasteiger charge is -2.19. The van der Waals surface area contributed by atoms with Gasteiger partial charge in [0.05, 0.1) is 10.6 Å². The van der Waals surface area contributed by atoms with Gasteiger partial charge in [-0.05, 0) is 31.9 Å². The Morgan fingerprint density at radius 2 is 1.86 bits per heavy atom. The average molecular weight is 443 g/mol. The number of nitro benzene ring substituents is 1. The van der Waals surface area contributed by atoms with E-state index in [0.29, 0.717) is 14.6 Å².